The van der Waals surface area contributed by atoms with Gasteiger partial charge in [0, 0.05) is 13.5 Å². The summed E-state index contributed by atoms with van der Waals surface area (Å²) in [5.74, 6) is -0.342. The molecule has 1 aromatic carbocycles. The summed E-state index contributed by atoms with van der Waals surface area (Å²) < 4.78 is 0. The van der Waals surface area contributed by atoms with Gasteiger partial charge in [-0.15, -0.1) is 0 Å². The highest BCUT2D eigenvalue weighted by Crippen LogP contribution is 2.31. The van der Waals surface area contributed by atoms with Gasteiger partial charge < -0.3 is 20.6 Å². The number of aromatic hydroxyl groups is 1. The third kappa shape index (κ3) is 3.60. The average molecular weight is 274 g/mol. The van der Waals surface area contributed by atoms with E-state index in [1.54, 1.807) is 6.92 Å². The summed E-state index contributed by atoms with van der Waals surface area (Å²) in [6, 6.07) is 2.91. The maximum absolute atomic E-state index is 10.7. The Bertz CT molecular complexity index is 427. The first-order chi connectivity index (χ1) is 8.32. The molecular formula is C12H16ClNO4. The van der Waals surface area contributed by atoms with Crippen LogP contribution in [-0.4, -0.2) is 33.9 Å². The maximum atomic E-state index is 10.7. The number of halogens is 1. The molecule has 0 saturated heterocycles. The zero-order valence-electron chi connectivity index (χ0n) is 10.1. The van der Waals surface area contributed by atoms with Crippen LogP contribution in [0.2, 0.25) is 5.02 Å². The number of phenols is 1. The molecule has 0 aliphatic carbocycles. The van der Waals surface area contributed by atoms with Crippen LogP contribution in [0.25, 0.3) is 0 Å². The smallest absolute Gasteiger partial charge is 0.216 e. The Labute approximate surface area is 110 Å². The summed E-state index contributed by atoms with van der Waals surface area (Å²) >= 11 is 5.78. The van der Waals surface area contributed by atoms with E-state index in [2.05, 4.69) is 5.32 Å². The fourth-order valence-corrected chi connectivity index (χ4v) is 1.79. The van der Waals surface area contributed by atoms with Gasteiger partial charge in [-0.25, -0.2) is 0 Å². The lowest BCUT2D eigenvalue weighted by molar-refractivity contribution is -0.119. The third-order valence-corrected chi connectivity index (χ3v) is 2.83. The van der Waals surface area contributed by atoms with Crippen molar-refractivity contribution in [3.8, 4) is 5.75 Å². The Morgan fingerprint density at radius 3 is 2.56 bits per heavy atom. The number of aliphatic hydroxyl groups excluding tert-OH is 2. The largest absolute Gasteiger partial charge is 0.506 e. The molecule has 4 N–H and O–H groups in total. The van der Waals surface area contributed by atoms with E-state index in [0.29, 0.717) is 11.1 Å². The van der Waals surface area contributed by atoms with E-state index in [1.165, 1.54) is 19.1 Å². The number of carbonyl (C=O) groups is 1. The zero-order valence-corrected chi connectivity index (χ0v) is 10.9. The van der Waals surface area contributed by atoms with Gasteiger partial charge in [0.1, 0.15) is 18.0 Å². The lowest BCUT2D eigenvalue weighted by Crippen LogP contribution is -2.34. The van der Waals surface area contributed by atoms with Crippen LogP contribution >= 0.6 is 11.6 Å². The van der Waals surface area contributed by atoms with Gasteiger partial charge in [-0.1, -0.05) is 11.6 Å². The van der Waals surface area contributed by atoms with E-state index in [-0.39, 0.29) is 23.2 Å². The molecule has 2 atom stereocenters. The number of benzene rings is 1. The van der Waals surface area contributed by atoms with E-state index >= 15 is 0 Å². The van der Waals surface area contributed by atoms with Gasteiger partial charge in [-0.3, -0.25) is 4.79 Å². The minimum atomic E-state index is -1.19. The summed E-state index contributed by atoms with van der Waals surface area (Å²) in [5, 5.41) is 31.6. The molecule has 0 radical (unpaired) electrons. The summed E-state index contributed by atoms with van der Waals surface area (Å²) in [4.78, 5) is 10.7. The molecule has 0 fully saturated rings. The number of carbonyl (C=O) groups excluding carboxylic acids is 1. The van der Waals surface area contributed by atoms with E-state index in [0.717, 1.165) is 0 Å². The van der Waals surface area contributed by atoms with Crippen molar-refractivity contribution in [1.29, 1.82) is 0 Å². The van der Waals surface area contributed by atoms with Crippen LogP contribution in [0.1, 0.15) is 24.2 Å². The van der Waals surface area contributed by atoms with Crippen molar-refractivity contribution in [3.05, 3.63) is 28.3 Å². The summed E-state index contributed by atoms with van der Waals surface area (Å²) in [6.45, 7) is 2.90. The van der Waals surface area contributed by atoms with Crippen LogP contribution < -0.4 is 5.32 Å². The SMILES string of the molecule is CC(=O)NCC(O)C(O)c1cc(C)c(O)c(Cl)c1. The van der Waals surface area contributed by atoms with Crippen molar-refractivity contribution >= 4 is 17.5 Å². The minimum absolute atomic E-state index is 0.0519. The molecule has 0 saturated carbocycles. The molecule has 100 valence electrons. The summed E-state index contributed by atoms with van der Waals surface area (Å²) in [7, 11) is 0. The van der Waals surface area contributed by atoms with Crippen LogP contribution in [0.3, 0.4) is 0 Å². The van der Waals surface area contributed by atoms with E-state index in [4.69, 9.17) is 11.6 Å². The van der Waals surface area contributed by atoms with Crippen LogP contribution in [0.15, 0.2) is 12.1 Å². The minimum Gasteiger partial charge on any atom is -0.506 e. The predicted octanol–water partition coefficient (Wildman–Crippen LogP) is 0.884. The Morgan fingerprint density at radius 2 is 2.06 bits per heavy atom. The van der Waals surface area contributed by atoms with Crippen molar-refractivity contribution in [3.63, 3.8) is 0 Å². The maximum Gasteiger partial charge on any atom is 0.216 e. The Morgan fingerprint density at radius 1 is 1.44 bits per heavy atom. The van der Waals surface area contributed by atoms with Gasteiger partial charge in [-0.2, -0.15) is 0 Å². The van der Waals surface area contributed by atoms with Crippen LogP contribution in [0.4, 0.5) is 0 Å². The Balaban J connectivity index is 2.83. The fourth-order valence-electron chi connectivity index (χ4n) is 1.52. The Hall–Kier alpha value is -1.30. The van der Waals surface area contributed by atoms with Gasteiger partial charge in [-0.05, 0) is 30.2 Å². The lowest BCUT2D eigenvalue weighted by Gasteiger charge is -2.19. The predicted molar refractivity (Wildman–Crippen MR) is 67.5 cm³/mol. The molecule has 18 heavy (non-hydrogen) atoms. The number of phenolic OH excluding ortho intramolecular Hbond substituents is 1. The summed E-state index contributed by atoms with van der Waals surface area (Å²) in [5.41, 5.74) is 0.886. The molecule has 1 amide bonds. The van der Waals surface area contributed by atoms with Crippen LogP contribution in [0.5, 0.6) is 5.75 Å². The number of aryl methyl sites for hydroxylation is 1. The standard InChI is InChI=1S/C12H16ClNO4/c1-6-3-8(4-9(13)11(6)17)12(18)10(16)5-14-7(2)15/h3-4,10,12,16-18H,5H2,1-2H3,(H,14,15). The quantitative estimate of drug-likeness (QED) is 0.656. The molecule has 0 spiro atoms. The monoisotopic (exact) mass is 273 g/mol. The van der Waals surface area contributed by atoms with Gasteiger partial charge >= 0.3 is 0 Å². The highest BCUT2D eigenvalue weighted by Gasteiger charge is 2.20. The van der Waals surface area contributed by atoms with Crippen molar-refractivity contribution in [2.24, 2.45) is 0 Å². The fraction of sp³-hybridized carbons (Fsp3) is 0.417. The first-order valence-corrected chi connectivity index (χ1v) is 5.80. The van der Waals surface area contributed by atoms with Crippen LogP contribution in [0, 0.1) is 6.92 Å². The second-order valence-electron chi connectivity index (χ2n) is 4.12. The van der Waals surface area contributed by atoms with Gasteiger partial charge in [0.05, 0.1) is 5.02 Å². The molecule has 6 heteroatoms. The second kappa shape index (κ2) is 6.04. The molecule has 0 bridgehead atoms. The molecule has 1 aromatic rings. The number of aliphatic hydroxyl groups is 2. The van der Waals surface area contributed by atoms with E-state index in [1.807, 2.05) is 0 Å². The Kier molecular flexibility index (Phi) is 4.95. The number of rotatable bonds is 4. The number of hydrogen-bond donors (Lipinski definition) is 4. The molecule has 1 rings (SSSR count). The molecule has 0 aromatic heterocycles. The van der Waals surface area contributed by atoms with Gasteiger partial charge in [0.25, 0.3) is 0 Å². The summed E-state index contributed by atoms with van der Waals surface area (Å²) in [6.07, 6.45) is -2.33. The van der Waals surface area contributed by atoms with Crippen LogP contribution in [-0.2, 0) is 4.79 Å². The van der Waals surface area contributed by atoms with Crippen molar-refractivity contribution in [2.45, 2.75) is 26.1 Å². The van der Waals surface area contributed by atoms with Crippen molar-refractivity contribution in [1.82, 2.24) is 5.32 Å². The molecule has 0 aliphatic rings. The molecule has 2 unspecified atom stereocenters. The third-order valence-electron chi connectivity index (χ3n) is 2.54. The van der Waals surface area contributed by atoms with E-state index in [9.17, 15) is 20.1 Å². The normalized spacial score (nSPS) is 14.1. The highest BCUT2D eigenvalue weighted by atomic mass is 35.5. The molecule has 0 aliphatic heterocycles. The first-order valence-electron chi connectivity index (χ1n) is 5.42. The first kappa shape index (κ1) is 14.8. The topological polar surface area (TPSA) is 89.8 Å². The van der Waals surface area contributed by atoms with E-state index < -0.39 is 12.2 Å². The number of nitrogens with one attached hydrogen (secondary N) is 1. The molecule has 5 nitrogen and oxygen atoms in total. The zero-order chi connectivity index (χ0) is 13.9. The highest BCUT2D eigenvalue weighted by molar-refractivity contribution is 6.32. The molecular weight excluding hydrogens is 258 g/mol. The van der Waals surface area contributed by atoms with Gasteiger partial charge in [0.2, 0.25) is 5.91 Å². The lowest BCUT2D eigenvalue weighted by atomic mass is 10.0. The number of hydrogen-bond acceptors (Lipinski definition) is 4. The molecule has 0 heterocycles. The van der Waals surface area contributed by atoms with Gasteiger partial charge in [0.15, 0.2) is 0 Å². The second-order valence-corrected chi connectivity index (χ2v) is 4.52. The average Bonchev–Trinajstić information content (AvgIpc) is 2.31. The van der Waals surface area contributed by atoms with Crippen molar-refractivity contribution in [2.75, 3.05) is 6.54 Å². The number of amides is 1. The van der Waals surface area contributed by atoms with Crippen molar-refractivity contribution < 1.29 is 20.1 Å².